The average Bonchev–Trinajstić information content (AvgIpc) is 3.25. The fraction of sp³-hybridized carbons (Fsp3) is 0.500. The number of aromatic nitrogens is 2. The summed E-state index contributed by atoms with van der Waals surface area (Å²) in [5.41, 5.74) is 1.57. The van der Waals surface area contributed by atoms with Crippen LogP contribution in [0.3, 0.4) is 0 Å². The molecule has 0 aliphatic carbocycles. The topological polar surface area (TPSA) is 87.3 Å². The van der Waals surface area contributed by atoms with Crippen molar-refractivity contribution in [3.8, 4) is 0 Å². The molecule has 0 radical (unpaired) electrons. The van der Waals surface area contributed by atoms with E-state index in [1.807, 2.05) is 6.92 Å². The van der Waals surface area contributed by atoms with E-state index in [-0.39, 0.29) is 5.91 Å². The molecule has 0 bridgehead atoms. The van der Waals surface area contributed by atoms with Crippen molar-refractivity contribution < 1.29 is 14.3 Å². The monoisotopic (exact) mass is 412 g/mol. The van der Waals surface area contributed by atoms with Gasteiger partial charge in [-0.1, -0.05) is 18.5 Å². The predicted molar refractivity (Wildman–Crippen MR) is 108 cm³/mol. The highest BCUT2D eigenvalue weighted by molar-refractivity contribution is 7.13. The first-order valence-electron chi connectivity index (χ1n) is 8.97. The molecule has 9 heteroatoms. The van der Waals surface area contributed by atoms with E-state index in [2.05, 4.69) is 27.1 Å². The number of nitrogens with one attached hydrogen (secondary N) is 2. The number of halogens is 1. The predicted octanol–water partition coefficient (Wildman–Crippen LogP) is 3.65. The minimum atomic E-state index is -0.399. The number of hydrogen-bond acceptors (Lipinski definition) is 6. The van der Waals surface area contributed by atoms with Crippen molar-refractivity contribution in [1.82, 2.24) is 15.3 Å². The summed E-state index contributed by atoms with van der Waals surface area (Å²) in [5, 5.41) is 5.94. The number of thiazole rings is 1. The number of H-pyrrole nitrogens is 1. The van der Waals surface area contributed by atoms with Crippen LogP contribution in [0.4, 0.5) is 5.13 Å². The van der Waals surface area contributed by atoms with Gasteiger partial charge < -0.3 is 19.9 Å². The third-order valence-electron chi connectivity index (χ3n) is 3.83. The zero-order valence-corrected chi connectivity index (χ0v) is 17.4. The van der Waals surface area contributed by atoms with Gasteiger partial charge in [0, 0.05) is 30.7 Å². The van der Waals surface area contributed by atoms with Crippen LogP contribution < -0.4 is 10.2 Å². The third kappa shape index (κ3) is 5.97. The number of carbonyl (C=O) groups excluding carboxylic acids is 2. The second-order valence-electron chi connectivity index (χ2n) is 5.99. The Morgan fingerprint density at radius 3 is 2.78 bits per heavy atom. The summed E-state index contributed by atoms with van der Waals surface area (Å²) in [7, 11) is 0. The third-order valence-corrected chi connectivity index (χ3v) is 5.12. The van der Waals surface area contributed by atoms with Gasteiger partial charge in [0.05, 0.1) is 11.6 Å². The van der Waals surface area contributed by atoms with E-state index >= 15 is 0 Å². The van der Waals surface area contributed by atoms with Gasteiger partial charge in [0.2, 0.25) is 0 Å². The largest absolute Gasteiger partial charge is 0.461 e. The highest BCUT2D eigenvalue weighted by Gasteiger charge is 2.16. The van der Waals surface area contributed by atoms with Crippen LogP contribution in [-0.4, -0.2) is 48.1 Å². The second-order valence-corrected chi connectivity index (χ2v) is 7.23. The number of anilines is 1. The van der Waals surface area contributed by atoms with E-state index in [1.165, 1.54) is 11.3 Å². The number of nitrogens with zero attached hydrogens (tertiary/aromatic N) is 2. The zero-order chi connectivity index (χ0) is 19.8. The van der Waals surface area contributed by atoms with Gasteiger partial charge in [-0.2, -0.15) is 0 Å². The second kappa shape index (κ2) is 10.3. The van der Waals surface area contributed by atoms with Crippen molar-refractivity contribution >= 4 is 39.9 Å². The molecule has 0 unspecified atom stereocenters. The quantitative estimate of drug-likeness (QED) is 0.459. The molecule has 2 heterocycles. The Bertz CT molecular complexity index is 755. The molecule has 0 aliphatic rings. The summed E-state index contributed by atoms with van der Waals surface area (Å²) in [6.45, 7) is 8.10. The van der Waals surface area contributed by atoms with Gasteiger partial charge in [-0.25, -0.2) is 9.78 Å². The van der Waals surface area contributed by atoms with Crippen LogP contribution in [0.25, 0.3) is 0 Å². The van der Waals surface area contributed by atoms with Gasteiger partial charge in [0.1, 0.15) is 5.69 Å². The standard InChI is InChI=1S/C18H25ClN4O3S/c1-4-8-23(18-22-15(11-27-18)17(25)26-5-2)9-6-7-20-16(24)14-10-13(19)12(3)21-14/h10-11,21H,4-9H2,1-3H3,(H,20,24). The Morgan fingerprint density at radius 1 is 1.37 bits per heavy atom. The molecule has 0 saturated heterocycles. The fourth-order valence-electron chi connectivity index (χ4n) is 2.50. The highest BCUT2D eigenvalue weighted by atomic mass is 35.5. The zero-order valence-electron chi connectivity index (χ0n) is 15.8. The molecule has 2 rings (SSSR count). The molecule has 0 spiro atoms. The smallest absolute Gasteiger partial charge is 0.357 e. The number of amides is 1. The minimum Gasteiger partial charge on any atom is -0.461 e. The molecular formula is C18H25ClN4O3S. The maximum Gasteiger partial charge on any atom is 0.357 e. The lowest BCUT2D eigenvalue weighted by atomic mass is 10.3. The molecule has 0 aromatic carbocycles. The van der Waals surface area contributed by atoms with Crippen LogP contribution in [0.1, 0.15) is 53.4 Å². The summed E-state index contributed by atoms with van der Waals surface area (Å²) in [6, 6.07) is 1.63. The lowest BCUT2D eigenvalue weighted by molar-refractivity contribution is 0.0520. The first kappa shape index (κ1) is 21.2. The van der Waals surface area contributed by atoms with Crippen molar-refractivity contribution in [1.29, 1.82) is 0 Å². The van der Waals surface area contributed by atoms with Gasteiger partial charge in [-0.05, 0) is 32.8 Å². The van der Waals surface area contributed by atoms with Crippen LogP contribution in [0.2, 0.25) is 5.02 Å². The Labute approximate surface area is 168 Å². The van der Waals surface area contributed by atoms with E-state index in [0.717, 1.165) is 36.8 Å². The summed E-state index contributed by atoms with van der Waals surface area (Å²) < 4.78 is 4.98. The van der Waals surface area contributed by atoms with E-state index in [1.54, 1.807) is 18.4 Å². The number of aryl methyl sites for hydroxylation is 1. The molecule has 2 N–H and O–H groups in total. The molecule has 1 amide bonds. The number of hydrogen-bond donors (Lipinski definition) is 2. The Morgan fingerprint density at radius 2 is 2.15 bits per heavy atom. The van der Waals surface area contributed by atoms with Crippen molar-refractivity contribution in [3.63, 3.8) is 0 Å². The highest BCUT2D eigenvalue weighted by Crippen LogP contribution is 2.21. The first-order chi connectivity index (χ1) is 13.0. The van der Waals surface area contributed by atoms with Gasteiger partial charge >= 0.3 is 5.97 Å². The number of ether oxygens (including phenoxy) is 1. The van der Waals surface area contributed by atoms with Crippen LogP contribution in [0, 0.1) is 6.92 Å². The maximum atomic E-state index is 12.1. The van der Waals surface area contributed by atoms with Crippen molar-refractivity contribution in [3.05, 3.63) is 33.6 Å². The van der Waals surface area contributed by atoms with Gasteiger partial charge in [-0.15, -0.1) is 11.3 Å². The number of esters is 1. The SMILES string of the molecule is CCCN(CCCNC(=O)c1cc(Cl)c(C)[nH]1)c1nc(C(=O)OCC)cs1. The van der Waals surface area contributed by atoms with Crippen molar-refractivity contribution in [2.45, 2.75) is 33.6 Å². The van der Waals surface area contributed by atoms with Crippen LogP contribution in [0.15, 0.2) is 11.4 Å². The molecule has 0 atom stereocenters. The Kier molecular flexibility index (Phi) is 8.12. The Balaban J connectivity index is 1.85. The molecule has 148 valence electrons. The van der Waals surface area contributed by atoms with Crippen LogP contribution >= 0.6 is 22.9 Å². The summed E-state index contributed by atoms with van der Waals surface area (Å²) in [4.78, 5) is 33.4. The van der Waals surface area contributed by atoms with E-state index in [9.17, 15) is 9.59 Å². The van der Waals surface area contributed by atoms with Gasteiger partial charge in [-0.3, -0.25) is 4.79 Å². The average molecular weight is 413 g/mol. The molecule has 0 saturated carbocycles. The molecular weight excluding hydrogens is 388 g/mol. The number of carbonyl (C=O) groups is 2. The first-order valence-corrected chi connectivity index (χ1v) is 10.2. The summed E-state index contributed by atoms with van der Waals surface area (Å²) in [6.07, 6.45) is 1.72. The molecule has 0 fully saturated rings. The fourth-order valence-corrected chi connectivity index (χ4v) is 3.51. The normalized spacial score (nSPS) is 10.7. The summed E-state index contributed by atoms with van der Waals surface area (Å²) >= 11 is 7.39. The Hall–Kier alpha value is -2.06. The van der Waals surface area contributed by atoms with E-state index < -0.39 is 5.97 Å². The number of aromatic amines is 1. The van der Waals surface area contributed by atoms with Gasteiger partial charge in [0.15, 0.2) is 10.8 Å². The van der Waals surface area contributed by atoms with Crippen LogP contribution in [0.5, 0.6) is 0 Å². The van der Waals surface area contributed by atoms with Crippen molar-refractivity contribution in [2.75, 3.05) is 31.1 Å². The molecule has 27 heavy (non-hydrogen) atoms. The van der Waals surface area contributed by atoms with Crippen LogP contribution in [-0.2, 0) is 4.74 Å². The molecule has 2 aromatic heterocycles. The molecule has 0 aliphatic heterocycles. The lowest BCUT2D eigenvalue weighted by Gasteiger charge is -2.21. The maximum absolute atomic E-state index is 12.1. The molecule has 2 aromatic rings. The minimum absolute atomic E-state index is 0.175. The van der Waals surface area contributed by atoms with Crippen molar-refractivity contribution in [2.24, 2.45) is 0 Å². The molecule has 7 nitrogen and oxygen atoms in total. The van der Waals surface area contributed by atoms with Gasteiger partial charge in [0.25, 0.3) is 5.91 Å². The lowest BCUT2D eigenvalue weighted by Crippen LogP contribution is -2.30. The van der Waals surface area contributed by atoms with E-state index in [4.69, 9.17) is 16.3 Å². The van der Waals surface area contributed by atoms with E-state index in [0.29, 0.717) is 29.6 Å². The summed E-state index contributed by atoms with van der Waals surface area (Å²) in [5.74, 6) is -0.575. The number of rotatable bonds is 10.